The Kier molecular flexibility index (Phi) is 5.21. The lowest BCUT2D eigenvalue weighted by molar-refractivity contribution is -0.00824. The molecule has 0 spiro atoms. The molecule has 6 heteroatoms. The molecule has 1 aliphatic rings. The molecule has 1 aliphatic carbocycles. The van der Waals surface area contributed by atoms with Crippen LogP contribution in [0.2, 0.25) is 18.1 Å². The van der Waals surface area contributed by atoms with E-state index in [0.717, 1.165) is 4.47 Å². The lowest BCUT2D eigenvalue weighted by atomic mass is 9.96. The molecule has 0 saturated heterocycles. The summed E-state index contributed by atoms with van der Waals surface area (Å²) in [5, 5.41) is -0.0295. The lowest BCUT2D eigenvalue weighted by Gasteiger charge is -2.37. The van der Waals surface area contributed by atoms with Crippen LogP contribution in [0.1, 0.15) is 38.7 Å². The Morgan fingerprint density at radius 2 is 1.65 bits per heavy atom. The van der Waals surface area contributed by atoms with Crippen LogP contribution >= 0.6 is 31.9 Å². The molecule has 0 heterocycles. The van der Waals surface area contributed by atoms with Crippen LogP contribution in [0.15, 0.2) is 39.0 Å². The summed E-state index contributed by atoms with van der Waals surface area (Å²) < 4.78 is 36.8. The first kappa shape index (κ1) is 19.1. The molecule has 1 nitrogen and oxygen atoms in total. The molecule has 0 bridgehead atoms. The molecule has 0 N–H and O–H groups in total. The minimum atomic E-state index is -2.84. The topological polar surface area (TPSA) is 9.23 Å². The average molecular weight is 468 g/mol. The van der Waals surface area contributed by atoms with Crippen LogP contribution in [-0.2, 0) is 4.43 Å². The van der Waals surface area contributed by atoms with Gasteiger partial charge in [-0.05, 0) is 35.8 Å². The molecule has 1 aromatic rings. The first-order chi connectivity index (χ1) is 10.3. The molecule has 0 saturated carbocycles. The second kappa shape index (κ2) is 6.26. The summed E-state index contributed by atoms with van der Waals surface area (Å²) in [5.74, 6) is -3.41. The molecular weight excluding hydrogens is 446 g/mol. The zero-order valence-corrected chi connectivity index (χ0v) is 18.2. The highest BCUT2D eigenvalue weighted by Gasteiger charge is 2.52. The summed E-state index contributed by atoms with van der Waals surface area (Å²) in [7, 11) is -2.14. The first-order valence-electron chi connectivity index (χ1n) is 7.56. The van der Waals surface area contributed by atoms with Crippen LogP contribution in [0.25, 0.3) is 0 Å². The van der Waals surface area contributed by atoms with Gasteiger partial charge in [0.2, 0.25) is 8.32 Å². The van der Waals surface area contributed by atoms with E-state index in [9.17, 15) is 8.78 Å². The maximum atomic E-state index is 14.6. The van der Waals surface area contributed by atoms with Crippen molar-refractivity contribution < 1.29 is 13.2 Å². The van der Waals surface area contributed by atoms with Crippen molar-refractivity contribution in [1.29, 1.82) is 0 Å². The second-order valence-electron chi connectivity index (χ2n) is 7.56. The number of rotatable bonds is 3. The standard InChI is InChI=1S/C17H22Br2F2OSi/c1-16(2,3)23(4,5)22-13-10-17(20,21)14(15(13)19)11-6-8-12(18)9-7-11/h6-9,14H,10H2,1-5H3. The van der Waals surface area contributed by atoms with E-state index in [0.29, 0.717) is 15.8 Å². The highest BCUT2D eigenvalue weighted by Crippen LogP contribution is 2.54. The molecule has 0 amide bonds. The second-order valence-corrected chi connectivity index (χ2v) is 14.1. The largest absolute Gasteiger partial charge is 0.546 e. The summed E-state index contributed by atoms with van der Waals surface area (Å²) in [4.78, 5) is 0. The lowest BCUT2D eigenvalue weighted by Crippen LogP contribution is -2.40. The fraction of sp³-hybridized carbons (Fsp3) is 0.529. The minimum Gasteiger partial charge on any atom is -0.546 e. The van der Waals surface area contributed by atoms with Gasteiger partial charge in [-0.25, -0.2) is 8.78 Å². The van der Waals surface area contributed by atoms with Crippen molar-refractivity contribution in [3.8, 4) is 0 Å². The maximum Gasteiger partial charge on any atom is 0.266 e. The van der Waals surface area contributed by atoms with E-state index in [1.54, 1.807) is 24.3 Å². The summed E-state index contributed by atoms with van der Waals surface area (Å²) in [5.41, 5.74) is 0.596. The highest BCUT2D eigenvalue weighted by molar-refractivity contribution is 9.11. The smallest absolute Gasteiger partial charge is 0.266 e. The predicted molar refractivity (Wildman–Crippen MR) is 101 cm³/mol. The molecule has 0 fully saturated rings. The van der Waals surface area contributed by atoms with E-state index >= 15 is 0 Å². The van der Waals surface area contributed by atoms with Crippen LogP contribution in [0.5, 0.6) is 0 Å². The normalized spacial score (nSPS) is 21.7. The average Bonchev–Trinajstić information content (AvgIpc) is 2.59. The highest BCUT2D eigenvalue weighted by atomic mass is 79.9. The fourth-order valence-corrected chi connectivity index (χ4v) is 4.68. The third-order valence-corrected chi connectivity index (χ3v) is 10.5. The van der Waals surface area contributed by atoms with Gasteiger partial charge in [0.25, 0.3) is 5.92 Å². The number of hydrogen-bond acceptors (Lipinski definition) is 1. The van der Waals surface area contributed by atoms with Crippen molar-refractivity contribution in [2.24, 2.45) is 0 Å². The van der Waals surface area contributed by atoms with Crippen molar-refractivity contribution in [2.75, 3.05) is 0 Å². The van der Waals surface area contributed by atoms with Gasteiger partial charge in [-0.2, -0.15) is 0 Å². The molecule has 128 valence electrons. The zero-order chi connectivity index (χ0) is 17.6. The van der Waals surface area contributed by atoms with Crippen LogP contribution in [-0.4, -0.2) is 14.2 Å². The SMILES string of the molecule is CC(C)(C)[Si](C)(C)OC1=C(Br)C(c2ccc(Br)cc2)C(F)(F)C1. The van der Waals surface area contributed by atoms with Gasteiger partial charge in [0.1, 0.15) is 0 Å². The number of hydrogen-bond donors (Lipinski definition) is 0. The van der Waals surface area contributed by atoms with E-state index in [-0.39, 0.29) is 11.5 Å². The van der Waals surface area contributed by atoms with Crippen molar-refractivity contribution in [3.63, 3.8) is 0 Å². The van der Waals surface area contributed by atoms with Gasteiger partial charge in [-0.15, -0.1) is 0 Å². The van der Waals surface area contributed by atoms with Crippen LogP contribution in [0.4, 0.5) is 8.78 Å². The molecule has 1 aromatic carbocycles. The third kappa shape index (κ3) is 3.90. The predicted octanol–water partition coefficient (Wildman–Crippen LogP) is 7.20. The molecule has 23 heavy (non-hydrogen) atoms. The van der Waals surface area contributed by atoms with E-state index in [1.807, 2.05) is 0 Å². The van der Waals surface area contributed by atoms with Gasteiger partial charge in [0.15, 0.2) is 0 Å². The van der Waals surface area contributed by atoms with Crippen LogP contribution in [0, 0.1) is 0 Å². The number of benzene rings is 1. The molecule has 1 atom stereocenters. The van der Waals surface area contributed by atoms with Crippen LogP contribution < -0.4 is 0 Å². The van der Waals surface area contributed by atoms with E-state index in [2.05, 4.69) is 65.7 Å². The minimum absolute atomic E-state index is 0.0295. The Balaban J connectivity index is 2.37. The Morgan fingerprint density at radius 3 is 2.13 bits per heavy atom. The maximum absolute atomic E-state index is 14.6. The molecule has 0 aliphatic heterocycles. The van der Waals surface area contributed by atoms with E-state index < -0.39 is 20.2 Å². The zero-order valence-electron chi connectivity index (χ0n) is 14.0. The molecule has 0 aromatic heterocycles. The molecular formula is C17H22Br2F2OSi. The number of allylic oxidation sites excluding steroid dienone is 2. The van der Waals surface area contributed by atoms with Gasteiger partial charge < -0.3 is 4.43 Å². The fourth-order valence-electron chi connectivity index (χ4n) is 2.34. The van der Waals surface area contributed by atoms with Crippen molar-refractivity contribution in [1.82, 2.24) is 0 Å². The van der Waals surface area contributed by atoms with Crippen molar-refractivity contribution >= 4 is 40.2 Å². The number of halogens is 4. The van der Waals surface area contributed by atoms with Crippen LogP contribution in [0.3, 0.4) is 0 Å². The van der Waals surface area contributed by atoms with Crippen molar-refractivity contribution in [2.45, 2.75) is 57.2 Å². The van der Waals surface area contributed by atoms with E-state index in [4.69, 9.17) is 4.43 Å². The third-order valence-electron chi connectivity index (χ3n) is 4.73. The summed E-state index contributed by atoms with van der Waals surface area (Å²) in [6.07, 6.45) is -0.346. The Hall–Kier alpha value is -0.203. The molecule has 0 radical (unpaired) electrons. The quantitative estimate of drug-likeness (QED) is 0.427. The van der Waals surface area contributed by atoms with Crippen molar-refractivity contribution in [3.05, 3.63) is 44.5 Å². The summed E-state index contributed by atoms with van der Waals surface area (Å²) >= 11 is 6.75. The summed E-state index contributed by atoms with van der Waals surface area (Å²) in [6.45, 7) is 10.5. The number of alkyl halides is 2. The molecule has 2 rings (SSSR count). The Morgan fingerprint density at radius 1 is 1.13 bits per heavy atom. The molecule has 1 unspecified atom stereocenters. The Labute approximate surface area is 154 Å². The summed E-state index contributed by atoms with van der Waals surface area (Å²) in [6, 6.07) is 7.05. The van der Waals surface area contributed by atoms with Gasteiger partial charge in [0.05, 0.1) is 18.1 Å². The van der Waals surface area contributed by atoms with Gasteiger partial charge >= 0.3 is 0 Å². The first-order valence-corrected chi connectivity index (χ1v) is 12.1. The van der Waals surface area contributed by atoms with Gasteiger partial charge in [-0.3, -0.25) is 0 Å². The van der Waals surface area contributed by atoms with Gasteiger partial charge in [0, 0.05) is 8.96 Å². The monoisotopic (exact) mass is 466 g/mol. The Bertz CT molecular complexity index is 618. The van der Waals surface area contributed by atoms with Gasteiger partial charge in [-0.1, -0.05) is 64.8 Å². The van der Waals surface area contributed by atoms with E-state index in [1.165, 1.54) is 0 Å².